The fourth-order valence-corrected chi connectivity index (χ4v) is 2.46. The average Bonchev–Trinajstić information content (AvgIpc) is 2.42. The van der Waals surface area contributed by atoms with Gasteiger partial charge in [0, 0.05) is 18.4 Å². The summed E-state index contributed by atoms with van der Waals surface area (Å²) in [4.78, 5) is 6.89. The molecule has 3 heteroatoms. The molecule has 0 aliphatic heterocycles. The van der Waals surface area contributed by atoms with Gasteiger partial charge in [-0.2, -0.15) is 0 Å². The molecule has 0 aliphatic carbocycles. The van der Waals surface area contributed by atoms with Gasteiger partial charge in [0.05, 0.1) is 0 Å². The number of pyridine rings is 1. The fraction of sp³-hybridized carbons (Fsp3) is 0.353. The molecule has 0 saturated carbocycles. The summed E-state index contributed by atoms with van der Waals surface area (Å²) in [7, 11) is 0. The Kier molecular flexibility index (Phi) is 4.74. The average molecular weight is 269 g/mol. The number of aryl methyl sites for hydroxylation is 2. The summed E-state index contributed by atoms with van der Waals surface area (Å²) in [6.45, 7) is 7.93. The van der Waals surface area contributed by atoms with Crippen molar-refractivity contribution in [1.29, 1.82) is 0 Å². The molecule has 0 bridgehead atoms. The minimum Gasteiger partial charge on any atom is -0.330 e. The predicted molar refractivity (Wildman–Crippen MR) is 85.6 cm³/mol. The van der Waals surface area contributed by atoms with E-state index in [4.69, 9.17) is 5.73 Å². The van der Waals surface area contributed by atoms with Crippen LogP contribution in [0, 0.1) is 13.8 Å². The van der Waals surface area contributed by atoms with Crippen LogP contribution in [0.5, 0.6) is 0 Å². The van der Waals surface area contributed by atoms with E-state index in [1.54, 1.807) is 0 Å². The highest BCUT2D eigenvalue weighted by atomic mass is 15.2. The van der Waals surface area contributed by atoms with Crippen LogP contribution in [0.4, 0.5) is 11.5 Å². The van der Waals surface area contributed by atoms with Crippen LogP contribution in [-0.4, -0.2) is 18.1 Å². The molecule has 0 aliphatic rings. The first-order valence-corrected chi connectivity index (χ1v) is 7.15. The molecule has 0 spiro atoms. The van der Waals surface area contributed by atoms with Gasteiger partial charge in [-0.3, -0.25) is 0 Å². The molecule has 3 nitrogen and oxygen atoms in total. The van der Waals surface area contributed by atoms with Gasteiger partial charge in [-0.25, -0.2) is 4.98 Å². The third-order valence-corrected chi connectivity index (χ3v) is 3.43. The van der Waals surface area contributed by atoms with Gasteiger partial charge in [-0.1, -0.05) is 18.2 Å². The second kappa shape index (κ2) is 6.53. The quantitative estimate of drug-likeness (QED) is 0.905. The lowest BCUT2D eigenvalue weighted by atomic mass is 10.1. The van der Waals surface area contributed by atoms with Crippen LogP contribution in [0.3, 0.4) is 0 Å². The third-order valence-electron chi connectivity index (χ3n) is 3.43. The van der Waals surface area contributed by atoms with E-state index in [9.17, 15) is 0 Å². The maximum Gasteiger partial charge on any atom is 0.135 e. The minimum atomic E-state index is 0.663. The van der Waals surface area contributed by atoms with Gasteiger partial charge >= 0.3 is 0 Å². The lowest BCUT2D eigenvalue weighted by Crippen LogP contribution is -2.19. The Morgan fingerprint density at radius 3 is 2.60 bits per heavy atom. The summed E-state index contributed by atoms with van der Waals surface area (Å²) in [5.74, 6) is 1.03. The van der Waals surface area contributed by atoms with Gasteiger partial charge in [0.15, 0.2) is 0 Å². The summed E-state index contributed by atoms with van der Waals surface area (Å²) >= 11 is 0. The third kappa shape index (κ3) is 3.17. The first-order valence-electron chi connectivity index (χ1n) is 7.15. The Bertz CT molecular complexity index is 578. The number of hydrogen-bond acceptors (Lipinski definition) is 3. The summed E-state index contributed by atoms with van der Waals surface area (Å²) in [5, 5.41) is 0. The molecule has 2 aromatic rings. The zero-order valence-corrected chi connectivity index (χ0v) is 12.6. The summed E-state index contributed by atoms with van der Waals surface area (Å²) in [6.07, 6.45) is 2.82. The molecule has 1 aromatic heterocycles. The van der Waals surface area contributed by atoms with Crippen molar-refractivity contribution in [3.05, 3.63) is 53.2 Å². The lowest BCUT2D eigenvalue weighted by Gasteiger charge is -2.24. The van der Waals surface area contributed by atoms with Crippen LogP contribution in [0.1, 0.15) is 23.6 Å². The molecule has 2 rings (SSSR count). The van der Waals surface area contributed by atoms with E-state index in [0.717, 1.165) is 18.8 Å². The number of benzene rings is 1. The van der Waals surface area contributed by atoms with E-state index in [-0.39, 0.29) is 0 Å². The molecule has 106 valence electrons. The number of nitrogens with two attached hydrogens (primary N) is 1. The van der Waals surface area contributed by atoms with Crippen LogP contribution in [0.2, 0.25) is 0 Å². The van der Waals surface area contributed by atoms with E-state index in [1.807, 2.05) is 6.20 Å². The maximum atomic E-state index is 5.60. The van der Waals surface area contributed by atoms with E-state index in [2.05, 4.69) is 61.0 Å². The zero-order valence-electron chi connectivity index (χ0n) is 12.6. The summed E-state index contributed by atoms with van der Waals surface area (Å²) < 4.78 is 0. The second-order valence-electron chi connectivity index (χ2n) is 5.11. The number of anilines is 2. The van der Waals surface area contributed by atoms with Crippen molar-refractivity contribution in [2.24, 2.45) is 5.73 Å². The first-order chi connectivity index (χ1) is 9.65. The van der Waals surface area contributed by atoms with E-state index in [0.29, 0.717) is 6.54 Å². The minimum absolute atomic E-state index is 0.663. The SMILES string of the molecule is CCN(c1cccc(C)c1)c1ncc(CCN)cc1C. The first kappa shape index (κ1) is 14.5. The van der Waals surface area contributed by atoms with Crippen molar-refractivity contribution >= 4 is 11.5 Å². The van der Waals surface area contributed by atoms with E-state index >= 15 is 0 Å². The number of aromatic nitrogens is 1. The second-order valence-corrected chi connectivity index (χ2v) is 5.11. The summed E-state index contributed by atoms with van der Waals surface area (Å²) in [5.41, 5.74) is 10.5. The molecule has 1 aromatic carbocycles. The Morgan fingerprint density at radius 1 is 1.20 bits per heavy atom. The van der Waals surface area contributed by atoms with Gasteiger partial charge in [0.1, 0.15) is 5.82 Å². The highest BCUT2D eigenvalue weighted by Crippen LogP contribution is 2.27. The Morgan fingerprint density at radius 2 is 2.00 bits per heavy atom. The van der Waals surface area contributed by atoms with Crippen molar-refractivity contribution in [3.8, 4) is 0 Å². The Balaban J connectivity index is 2.37. The normalized spacial score (nSPS) is 10.6. The molecule has 0 radical (unpaired) electrons. The smallest absolute Gasteiger partial charge is 0.135 e. The van der Waals surface area contributed by atoms with Crippen LogP contribution in [0.15, 0.2) is 36.5 Å². The standard InChI is InChI=1S/C17H23N3/c1-4-20(16-7-5-6-13(2)10-16)17-14(3)11-15(8-9-18)12-19-17/h5-7,10-12H,4,8-9,18H2,1-3H3. The number of hydrogen-bond donors (Lipinski definition) is 1. The topological polar surface area (TPSA) is 42.2 Å². The largest absolute Gasteiger partial charge is 0.330 e. The van der Waals surface area contributed by atoms with E-state index in [1.165, 1.54) is 22.4 Å². The van der Waals surface area contributed by atoms with E-state index < -0.39 is 0 Å². The highest BCUT2D eigenvalue weighted by molar-refractivity contribution is 5.63. The predicted octanol–water partition coefficient (Wildman–Crippen LogP) is 3.36. The number of nitrogens with zero attached hydrogens (tertiary/aromatic N) is 2. The van der Waals surface area contributed by atoms with Crippen molar-refractivity contribution in [1.82, 2.24) is 4.98 Å². The molecule has 0 amide bonds. The fourth-order valence-electron chi connectivity index (χ4n) is 2.46. The van der Waals surface area contributed by atoms with Crippen LogP contribution in [-0.2, 0) is 6.42 Å². The molecule has 1 heterocycles. The van der Waals surface area contributed by atoms with Gasteiger partial charge in [0.25, 0.3) is 0 Å². The van der Waals surface area contributed by atoms with Gasteiger partial charge in [-0.05, 0) is 62.6 Å². The molecule has 2 N–H and O–H groups in total. The molecule has 0 atom stereocenters. The van der Waals surface area contributed by atoms with Crippen molar-refractivity contribution in [3.63, 3.8) is 0 Å². The zero-order chi connectivity index (χ0) is 14.5. The van der Waals surface area contributed by atoms with Crippen LogP contribution in [0.25, 0.3) is 0 Å². The maximum absolute atomic E-state index is 5.60. The van der Waals surface area contributed by atoms with Gasteiger partial charge in [0.2, 0.25) is 0 Å². The molecule has 0 saturated heterocycles. The van der Waals surface area contributed by atoms with Gasteiger partial charge in [-0.15, -0.1) is 0 Å². The Labute approximate surface area is 121 Å². The van der Waals surface area contributed by atoms with Crippen molar-refractivity contribution in [2.75, 3.05) is 18.0 Å². The summed E-state index contributed by atoms with van der Waals surface area (Å²) in [6, 6.07) is 10.7. The molecule has 0 unspecified atom stereocenters. The molecular formula is C17H23N3. The lowest BCUT2D eigenvalue weighted by molar-refractivity contribution is 0.935. The van der Waals surface area contributed by atoms with Crippen LogP contribution < -0.4 is 10.6 Å². The van der Waals surface area contributed by atoms with Crippen LogP contribution >= 0.6 is 0 Å². The van der Waals surface area contributed by atoms with Crippen molar-refractivity contribution in [2.45, 2.75) is 27.2 Å². The Hall–Kier alpha value is -1.87. The highest BCUT2D eigenvalue weighted by Gasteiger charge is 2.11. The molecular weight excluding hydrogens is 246 g/mol. The molecule has 20 heavy (non-hydrogen) atoms. The number of rotatable bonds is 5. The van der Waals surface area contributed by atoms with Gasteiger partial charge < -0.3 is 10.6 Å². The van der Waals surface area contributed by atoms with Crippen molar-refractivity contribution < 1.29 is 0 Å². The molecule has 0 fully saturated rings. The monoisotopic (exact) mass is 269 g/mol.